The number of halogens is 4. The topological polar surface area (TPSA) is 135 Å². The Labute approximate surface area is 200 Å². The fourth-order valence-electron chi connectivity index (χ4n) is 3.93. The van der Waals surface area contributed by atoms with E-state index in [2.05, 4.69) is 0 Å². The molecule has 0 radical (unpaired) electrons. The third kappa shape index (κ3) is 4.75. The number of amides is 2. The van der Waals surface area contributed by atoms with E-state index in [4.69, 9.17) is 23.7 Å². The number of hydrogen-bond donors (Lipinski definition) is 0. The van der Waals surface area contributed by atoms with E-state index in [9.17, 15) is 41.5 Å². The Kier molecular flexibility index (Phi) is 7.64. The Morgan fingerprint density at radius 2 is 1.17 bits per heavy atom. The van der Waals surface area contributed by atoms with Crippen molar-refractivity contribution >= 4 is 29.7 Å². The van der Waals surface area contributed by atoms with Gasteiger partial charge in [-0.05, 0) is 0 Å². The molecule has 196 valence electrons. The number of esters is 3. The molecule has 11 nitrogen and oxygen atoms in total. The van der Waals surface area contributed by atoms with E-state index in [-0.39, 0.29) is 4.90 Å². The summed E-state index contributed by atoms with van der Waals surface area (Å²) in [4.78, 5) is 60.8. The fraction of sp³-hybridized carbons (Fsp3) is 0.476. The molecule has 1 aromatic rings. The number of imide groups is 1. The van der Waals surface area contributed by atoms with Gasteiger partial charge in [-0.25, -0.2) is 17.6 Å². The first kappa shape index (κ1) is 27.0. The number of benzene rings is 1. The highest BCUT2D eigenvalue weighted by Gasteiger charge is 2.54. The van der Waals surface area contributed by atoms with E-state index in [1.807, 2.05) is 0 Å². The minimum Gasteiger partial charge on any atom is -0.456 e. The monoisotopic (exact) mass is 521 g/mol. The van der Waals surface area contributed by atoms with Gasteiger partial charge in [0.25, 0.3) is 11.8 Å². The summed E-state index contributed by atoms with van der Waals surface area (Å²) < 4.78 is 82.0. The predicted octanol–water partition coefficient (Wildman–Crippen LogP) is 1.01. The van der Waals surface area contributed by atoms with Crippen LogP contribution in [0.5, 0.6) is 0 Å². The van der Waals surface area contributed by atoms with E-state index in [0.717, 1.165) is 27.9 Å². The largest absolute Gasteiger partial charge is 0.456 e. The van der Waals surface area contributed by atoms with Crippen molar-refractivity contribution in [2.24, 2.45) is 0 Å². The van der Waals surface area contributed by atoms with Gasteiger partial charge >= 0.3 is 17.9 Å². The lowest BCUT2D eigenvalue weighted by atomic mass is 9.97. The van der Waals surface area contributed by atoms with E-state index in [0.29, 0.717) is 0 Å². The summed E-state index contributed by atoms with van der Waals surface area (Å²) in [7, 11) is 1.10. The lowest BCUT2D eigenvalue weighted by molar-refractivity contribution is -0.298. The number of methoxy groups -OCH3 is 1. The molecule has 1 saturated heterocycles. The van der Waals surface area contributed by atoms with Gasteiger partial charge in [0.2, 0.25) is 0 Å². The van der Waals surface area contributed by atoms with Crippen LogP contribution in [-0.2, 0) is 38.1 Å². The standard InChI is InChI=1S/C21H19F4NO10/c1-6(27)33-16-9(36-21(32-4)18(35-8(3)29)17(16)34-7(2)28)5-26-19(30)10-11(20(26)31)13(23)15(25)14(24)12(10)22/h9,16-18,21H,5H2,1-4H3/t9-,16-,17+,18-,21+/m1/s1. The molecule has 0 saturated carbocycles. The molecule has 2 amide bonds. The van der Waals surface area contributed by atoms with E-state index in [1.54, 1.807) is 0 Å². The highest BCUT2D eigenvalue weighted by Crippen LogP contribution is 2.34. The lowest BCUT2D eigenvalue weighted by Gasteiger charge is -2.44. The maximum absolute atomic E-state index is 14.3. The molecule has 5 atom stereocenters. The van der Waals surface area contributed by atoms with Crippen molar-refractivity contribution in [2.75, 3.05) is 13.7 Å². The number of fused-ring (bicyclic) bond motifs is 1. The lowest BCUT2D eigenvalue weighted by Crippen LogP contribution is -2.64. The Hall–Kier alpha value is -3.59. The van der Waals surface area contributed by atoms with Gasteiger partial charge in [-0.1, -0.05) is 0 Å². The molecule has 0 unspecified atom stereocenters. The second-order valence-corrected chi connectivity index (χ2v) is 7.73. The van der Waals surface area contributed by atoms with Crippen LogP contribution in [0, 0.1) is 23.3 Å². The first-order valence-corrected chi connectivity index (χ1v) is 10.2. The zero-order valence-corrected chi connectivity index (χ0v) is 19.1. The van der Waals surface area contributed by atoms with Crippen molar-refractivity contribution in [3.05, 3.63) is 34.4 Å². The molecule has 2 aliphatic heterocycles. The maximum Gasteiger partial charge on any atom is 0.303 e. The maximum atomic E-state index is 14.3. The van der Waals surface area contributed by atoms with Gasteiger partial charge in [-0.2, -0.15) is 0 Å². The third-order valence-electron chi connectivity index (χ3n) is 5.28. The summed E-state index contributed by atoms with van der Waals surface area (Å²) in [6.07, 6.45) is -7.81. The summed E-state index contributed by atoms with van der Waals surface area (Å²) >= 11 is 0. The highest BCUT2D eigenvalue weighted by molar-refractivity contribution is 6.21. The van der Waals surface area contributed by atoms with Crippen LogP contribution >= 0.6 is 0 Å². The second kappa shape index (κ2) is 10.2. The summed E-state index contributed by atoms with van der Waals surface area (Å²) in [5.74, 6) is -14.5. The number of hydrogen-bond acceptors (Lipinski definition) is 10. The Morgan fingerprint density at radius 3 is 1.58 bits per heavy atom. The summed E-state index contributed by atoms with van der Waals surface area (Å²) in [5.41, 5.74) is -2.68. The van der Waals surface area contributed by atoms with Crippen molar-refractivity contribution in [3.8, 4) is 0 Å². The number of carbonyl (C=O) groups excluding carboxylic acids is 5. The first-order chi connectivity index (χ1) is 16.8. The van der Waals surface area contributed by atoms with Gasteiger partial charge in [-0.3, -0.25) is 28.9 Å². The van der Waals surface area contributed by atoms with E-state index < -0.39 is 101 Å². The number of carbonyl (C=O) groups is 5. The normalized spacial score (nSPS) is 25.4. The average molecular weight is 521 g/mol. The summed E-state index contributed by atoms with van der Waals surface area (Å²) in [6, 6.07) is 0. The Bertz CT molecular complexity index is 1100. The quantitative estimate of drug-likeness (QED) is 0.133. The fourth-order valence-corrected chi connectivity index (χ4v) is 3.93. The molecule has 0 aliphatic carbocycles. The highest BCUT2D eigenvalue weighted by atomic mass is 19.2. The van der Waals surface area contributed by atoms with Crippen LogP contribution in [0.15, 0.2) is 0 Å². The first-order valence-electron chi connectivity index (χ1n) is 10.2. The Balaban J connectivity index is 2.03. The molecule has 1 aromatic carbocycles. The summed E-state index contributed by atoms with van der Waals surface area (Å²) in [6.45, 7) is 2.06. The molecule has 0 N–H and O–H groups in total. The van der Waals surface area contributed by atoms with Crippen molar-refractivity contribution in [2.45, 2.75) is 51.5 Å². The molecular weight excluding hydrogens is 502 g/mol. The van der Waals surface area contributed by atoms with Crippen LogP contribution in [-0.4, -0.2) is 79.0 Å². The van der Waals surface area contributed by atoms with Crippen LogP contribution < -0.4 is 0 Å². The molecule has 2 heterocycles. The molecular formula is C21H19F4NO10. The van der Waals surface area contributed by atoms with Gasteiger partial charge in [-0.15, -0.1) is 0 Å². The Morgan fingerprint density at radius 1 is 0.750 bits per heavy atom. The van der Waals surface area contributed by atoms with Crippen molar-refractivity contribution in [3.63, 3.8) is 0 Å². The van der Waals surface area contributed by atoms with Gasteiger partial charge < -0.3 is 23.7 Å². The van der Waals surface area contributed by atoms with Crippen molar-refractivity contribution in [1.82, 2.24) is 4.90 Å². The molecule has 0 spiro atoms. The minimum absolute atomic E-state index is 0.209. The zero-order valence-electron chi connectivity index (χ0n) is 19.1. The van der Waals surface area contributed by atoms with Gasteiger partial charge in [0, 0.05) is 27.9 Å². The van der Waals surface area contributed by atoms with Crippen LogP contribution in [0.4, 0.5) is 17.6 Å². The average Bonchev–Trinajstić information content (AvgIpc) is 3.03. The molecule has 0 aromatic heterocycles. The van der Waals surface area contributed by atoms with Crippen molar-refractivity contribution in [1.29, 1.82) is 0 Å². The van der Waals surface area contributed by atoms with Crippen LogP contribution in [0.3, 0.4) is 0 Å². The van der Waals surface area contributed by atoms with Crippen LogP contribution in [0.2, 0.25) is 0 Å². The van der Waals surface area contributed by atoms with Gasteiger partial charge in [0.1, 0.15) is 6.10 Å². The van der Waals surface area contributed by atoms with E-state index in [1.165, 1.54) is 0 Å². The molecule has 3 rings (SSSR count). The van der Waals surface area contributed by atoms with Crippen molar-refractivity contribution < 1.29 is 65.2 Å². The molecule has 0 bridgehead atoms. The number of rotatable bonds is 6. The predicted molar refractivity (Wildman–Crippen MR) is 104 cm³/mol. The zero-order chi connectivity index (χ0) is 27.1. The van der Waals surface area contributed by atoms with Gasteiger partial charge in [0.05, 0.1) is 17.7 Å². The smallest absolute Gasteiger partial charge is 0.303 e. The molecule has 2 aliphatic rings. The SMILES string of the molecule is CO[C@H]1O[C@H](CN2C(=O)c3c(F)c(F)c(F)c(F)c3C2=O)[C@@H](OC(C)=O)[C@H](OC(C)=O)[C@H]1OC(C)=O. The minimum atomic E-state index is -2.29. The van der Waals surface area contributed by atoms with Crippen LogP contribution in [0.25, 0.3) is 0 Å². The number of ether oxygens (including phenoxy) is 5. The van der Waals surface area contributed by atoms with E-state index >= 15 is 0 Å². The molecule has 15 heteroatoms. The molecule has 36 heavy (non-hydrogen) atoms. The van der Waals surface area contributed by atoms with Crippen LogP contribution in [0.1, 0.15) is 41.5 Å². The summed E-state index contributed by atoms with van der Waals surface area (Å²) in [5, 5.41) is 0. The second-order valence-electron chi connectivity index (χ2n) is 7.73. The van der Waals surface area contributed by atoms with Gasteiger partial charge in [0.15, 0.2) is 47.9 Å². The molecule has 1 fully saturated rings. The third-order valence-corrected chi connectivity index (χ3v) is 5.28. The number of nitrogens with zero attached hydrogens (tertiary/aromatic N) is 1.